The second-order valence-electron chi connectivity index (χ2n) is 9.19. The minimum atomic E-state index is -1.32. The Bertz CT molecular complexity index is 1230. The van der Waals surface area contributed by atoms with Crippen molar-refractivity contribution in [3.63, 3.8) is 0 Å². The summed E-state index contributed by atoms with van der Waals surface area (Å²) in [5.74, 6) is 0.640. The highest BCUT2D eigenvalue weighted by Crippen LogP contribution is 2.42. The maximum Gasteiger partial charge on any atom is 0.169 e. The lowest BCUT2D eigenvalue weighted by molar-refractivity contribution is 0.177. The third kappa shape index (κ3) is 4.04. The molecule has 1 spiro atoms. The number of fused-ring (bicyclic) bond motifs is 1. The monoisotopic (exact) mass is 472 g/mol. The highest BCUT2D eigenvalue weighted by molar-refractivity contribution is 6.32. The average Bonchev–Trinajstić information content (AvgIpc) is 3.75. The summed E-state index contributed by atoms with van der Waals surface area (Å²) in [5, 5.41) is 6.39. The Kier molecular flexibility index (Phi) is 4.81. The summed E-state index contributed by atoms with van der Waals surface area (Å²) in [6.07, 6.45) is 4.68. The topological polar surface area (TPSA) is 75.2 Å². The first kappa shape index (κ1) is 20.8. The molecule has 2 N–H and O–H groups in total. The molecule has 172 valence electrons. The van der Waals surface area contributed by atoms with Crippen LogP contribution in [0, 0.1) is 5.82 Å². The van der Waals surface area contributed by atoms with Gasteiger partial charge in [-0.2, -0.15) is 0 Å². The van der Waals surface area contributed by atoms with Crippen molar-refractivity contribution >= 4 is 40.0 Å². The van der Waals surface area contributed by atoms with Gasteiger partial charge in [0.1, 0.15) is 40.7 Å². The zero-order valence-electron chi connectivity index (χ0n) is 17.9. The van der Waals surface area contributed by atoms with Crippen molar-refractivity contribution in [3.8, 4) is 5.75 Å². The summed E-state index contributed by atoms with van der Waals surface area (Å²) in [7, 11) is 0. The van der Waals surface area contributed by atoms with Gasteiger partial charge in [0.15, 0.2) is 11.6 Å². The van der Waals surface area contributed by atoms with Gasteiger partial charge in [0.05, 0.1) is 11.2 Å². The molecule has 1 aromatic carbocycles. The summed E-state index contributed by atoms with van der Waals surface area (Å²) in [5.41, 5.74) is 0.219. The summed E-state index contributed by atoms with van der Waals surface area (Å²) >= 11 is 6.17. The van der Waals surface area contributed by atoms with Crippen LogP contribution in [0.4, 0.5) is 26.1 Å². The number of hydrogen-bond acceptors (Lipinski definition) is 7. The first-order valence-electron chi connectivity index (χ1n) is 11.1. The number of pyridine rings is 1. The number of rotatable bonds is 6. The Balaban J connectivity index is 1.27. The van der Waals surface area contributed by atoms with Crippen LogP contribution in [-0.2, 0) is 0 Å². The van der Waals surface area contributed by atoms with Gasteiger partial charge in [-0.1, -0.05) is 11.6 Å². The van der Waals surface area contributed by atoms with Crippen LogP contribution in [0.1, 0.15) is 25.7 Å². The number of anilines is 3. The van der Waals surface area contributed by atoms with E-state index in [0.717, 1.165) is 25.5 Å². The van der Waals surface area contributed by atoms with Crippen LogP contribution in [0.25, 0.3) is 11.0 Å². The average molecular weight is 473 g/mol. The molecule has 3 aromatic rings. The predicted octanol–water partition coefficient (Wildman–Crippen LogP) is 4.38. The van der Waals surface area contributed by atoms with Crippen LogP contribution in [-0.4, -0.2) is 52.4 Å². The SMILES string of the molecule is Fc1c(Nc2ncnc3ccc(N4CCNC5(CC5)C4)nc23)ccc(OCC2(F)CC2)c1Cl. The standard InChI is InChI=1S/C23H23ClF2N6O/c24-18-16(33-12-22(26)5-6-22)3-1-14(19(18)25)30-21-20-15(27-13-28-21)2-4-17(31-20)32-10-9-29-23(11-32)7-8-23/h1-4,13,29H,5-12H2,(H,27,28,30). The molecular weight excluding hydrogens is 450 g/mol. The van der Waals surface area contributed by atoms with Crippen LogP contribution in [0.3, 0.4) is 0 Å². The van der Waals surface area contributed by atoms with Crippen LogP contribution in [0.2, 0.25) is 5.02 Å². The van der Waals surface area contributed by atoms with Crippen molar-refractivity contribution in [1.82, 2.24) is 20.3 Å². The molecule has 3 fully saturated rings. The Morgan fingerprint density at radius 2 is 2.00 bits per heavy atom. The first-order chi connectivity index (χ1) is 15.9. The molecule has 0 bridgehead atoms. The Labute approximate surface area is 194 Å². The first-order valence-corrected chi connectivity index (χ1v) is 11.5. The molecule has 6 rings (SSSR count). The number of piperazine rings is 1. The van der Waals surface area contributed by atoms with E-state index < -0.39 is 11.5 Å². The second-order valence-corrected chi connectivity index (χ2v) is 9.57. The molecule has 3 heterocycles. The van der Waals surface area contributed by atoms with E-state index in [1.54, 1.807) is 0 Å². The molecule has 0 unspecified atom stereocenters. The molecule has 33 heavy (non-hydrogen) atoms. The summed E-state index contributed by atoms with van der Waals surface area (Å²) in [6.45, 7) is 2.56. The number of nitrogens with zero attached hydrogens (tertiary/aromatic N) is 4. The molecule has 0 amide bonds. The van der Waals surface area contributed by atoms with E-state index in [1.807, 2.05) is 12.1 Å². The molecule has 2 saturated carbocycles. The highest BCUT2D eigenvalue weighted by atomic mass is 35.5. The summed E-state index contributed by atoms with van der Waals surface area (Å²) in [4.78, 5) is 15.7. The number of benzene rings is 1. The molecule has 2 aromatic heterocycles. The molecular formula is C23H23ClF2N6O. The lowest BCUT2D eigenvalue weighted by Crippen LogP contribution is -2.52. The van der Waals surface area contributed by atoms with Gasteiger partial charge in [-0.3, -0.25) is 0 Å². The molecule has 3 aliphatic rings. The van der Waals surface area contributed by atoms with Crippen molar-refractivity contribution in [3.05, 3.63) is 41.4 Å². The number of halogens is 3. The van der Waals surface area contributed by atoms with Gasteiger partial charge in [-0.05, 0) is 49.9 Å². The van der Waals surface area contributed by atoms with E-state index in [1.165, 1.54) is 31.3 Å². The second kappa shape index (κ2) is 7.63. The molecule has 10 heteroatoms. The molecule has 0 atom stereocenters. The maximum atomic E-state index is 15.0. The van der Waals surface area contributed by atoms with Crippen molar-refractivity contribution < 1.29 is 13.5 Å². The third-order valence-electron chi connectivity index (χ3n) is 6.60. The number of aromatic nitrogens is 3. The van der Waals surface area contributed by atoms with Crippen molar-refractivity contribution in [2.45, 2.75) is 36.9 Å². The summed E-state index contributed by atoms with van der Waals surface area (Å²) in [6, 6.07) is 6.88. The van der Waals surface area contributed by atoms with Gasteiger partial charge in [-0.25, -0.2) is 23.7 Å². The van der Waals surface area contributed by atoms with E-state index in [-0.39, 0.29) is 28.6 Å². The molecule has 1 saturated heterocycles. The smallest absolute Gasteiger partial charge is 0.169 e. The number of nitrogens with one attached hydrogen (secondary N) is 2. The fraction of sp³-hybridized carbons (Fsp3) is 0.435. The normalized spacial score (nSPS) is 20.2. The van der Waals surface area contributed by atoms with Gasteiger partial charge in [0.25, 0.3) is 0 Å². The zero-order valence-corrected chi connectivity index (χ0v) is 18.6. The van der Waals surface area contributed by atoms with Crippen molar-refractivity contribution in [2.24, 2.45) is 0 Å². The van der Waals surface area contributed by atoms with Crippen LogP contribution < -0.4 is 20.3 Å². The maximum absolute atomic E-state index is 15.0. The number of alkyl halides is 1. The molecule has 1 aliphatic heterocycles. The van der Waals surface area contributed by atoms with E-state index in [9.17, 15) is 8.78 Å². The molecule has 2 aliphatic carbocycles. The minimum Gasteiger partial charge on any atom is -0.489 e. The summed E-state index contributed by atoms with van der Waals surface area (Å²) < 4.78 is 34.2. The van der Waals surface area contributed by atoms with Crippen LogP contribution in [0.5, 0.6) is 5.75 Å². The lowest BCUT2D eigenvalue weighted by Gasteiger charge is -2.34. The number of hydrogen-bond donors (Lipinski definition) is 2. The number of ether oxygens (including phenoxy) is 1. The zero-order chi connectivity index (χ0) is 22.6. The van der Waals surface area contributed by atoms with Gasteiger partial charge >= 0.3 is 0 Å². The fourth-order valence-corrected chi connectivity index (χ4v) is 4.41. The van der Waals surface area contributed by atoms with Gasteiger partial charge < -0.3 is 20.3 Å². The molecule has 0 radical (unpaired) electrons. The van der Waals surface area contributed by atoms with Crippen molar-refractivity contribution in [1.29, 1.82) is 0 Å². The lowest BCUT2D eigenvalue weighted by atomic mass is 10.2. The Morgan fingerprint density at radius 3 is 2.79 bits per heavy atom. The van der Waals surface area contributed by atoms with E-state index in [4.69, 9.17) is 21.3 Å². The highest BCUT2D eigenvalue weighted by Gasteiger charge is 2.46. The fourth-order valence-electron chi connectivity index (χ4n) is 4.19. The van der Waals surface area contributed by atoms with E-state index in [2.05, 4.69) is 25.5 Å². The van der Waals surface area contributed by atoms with E-state index in [0.29, 0.717) is 29.7 Å². The van der Waals surface area contributed by atoms with Crippen molar-refractivity contribution in [2.75, 3.05) is 36.5 Å². The van der Waals surface area contributed by atoms with E-state index >= 15 is 0 Å². The Morgan fingerprint density at radius 1 is 1.15 bits per heavy atom. The van der Waals surface area contributed by atoms with Gasteiger partial charge in [-0.15, -0.1) is 0 Å². The Hall–Kier alpha value is -2.78. The van der Waals surface area contributed by atoms with Crippen LogP contribution >= 0.6 is 11.6 Å². The van der Waals surface area contributed by atoms with Crippen LogP contribution in [0.15, 0.2) is 30.6 Å². The van der Waals surface area contributed by atoms with Gasteiger partial charge in [0.2, 0.25) is 0 Å². The quantitative estimate of drug-likeness (QED) is 0.551. The van der Waals surface area contributed by atoms with Gasteiger partial charge in [0, 0.05) is 25.2 Å². The third-order valence-corrected chi connectivity index (χ3v) is 6.95. The molecule has 7 nitrogen and oxygen atoms in total. The predicted molar refractivity (Wildman–Crippen MR) is 123 cm³/mol. The largest absolute Gasteiger partial charge is 0.489 e. The minimum absolute atomic E-state index is 0.115.